The topological polar surface area (TPSA) is 37.3 Å². The van der Waals surface area contributed by atoms with Gasteiger partial charge >= 0.3 is 5.97 Å². The summed E-state index contributed by atoms with van der Waals surface area (Å²) in [5, 5.41) is 9.18. The first kappa shape index (κ1) is 12.3. The number of rotatable bonds is 2. The van der Waals surface area contributed by atoms with Crippen molar-refractivity contribution in [2.75, 3.05) is 0 Å². The van der Waals surface area contributed by atoms with Crippen molar-refractivity contribution in [3.05, 3.63) is 58.9 Å². The Morgan fingerprint density at radius 3 is 2.44 bits per heavy atom. The van der Waals surface area contributed by atoms with Crippen LogP contribution in [0.2, 0.25) is 0 Å². The number of carboxylic acid groups (broad SMARTS) is 1. The van der Waals surface area contributed by atoms with Crippen molar-refractivity contribution in [2.24, 2.45) is 0 Å². The number of carbonyl (C=O) groups is 1. The number of benzene rings is 2. The zero-order valence-electron chi connectivity index (χ0n) is 10.2. The van der Waals surface area contributed by atoms with Gasteiger partial charge < -0.3 is 5.11 Å². The molecule has 0 saturated heterocycles. The minimum absolute atomic E-state index is 0.193. The first-order valence-corrected chi connectivity index (χ1v) is 5.59. The molecule has 0 bridgehead atoms. The molecule has 0 heterocycles. The zero-order chi connectivity index (χ0) is 13.3. The number of halogens is 1. The lowest BCUT2D eigenvalue weighted by molar-refractivity contribution is 0.0697. The third-order valence-corrected chi connectivity index (χ3v) is 2.89. The molecular formula is C15H13FO2. The van der Waals surface area contributed by atoms with E-state index in [4.69, 9.17) is 0 Å². The fourth-order valence-electron chi connectivity index (χ4n) is 1.85. The number of aryl methyl sites for hydroxylation is 2. The van der Waals surface area contributed by atoms with Crippen LogP contribution >= 0.6 is 0 Å². The summed E-state index contributed by atoms with van der Waals surface area (Å²) in [4.78, 5) is 11.2. The molecule has 18 heavy (non-hydrogen) atoms. The van der Waals surface area contributed by atoms with Crippen LogP contribution < -0.4 is 0 Å². The minimum Gasteiger partial charge on any atom is -0.478 e. The second kappa shape index (κ2) is 4.61. The lowest BCUT2D eigenvalue weighted by atomic mass is 9.97. The molecule has 0 radical (unpaired) electrons. The Bertz CT molecular complexity index is 618. The van der Waals surface area contributed by atoms with Crippen LogP contribution in [0.25, 0.3) is 11.1 Å². The third-order valence-electron chi connectivity index (χ3n) is 2.89. The van der Waals surface area contributed by atoms with Crippen molar-refractivity contribution < 1.29 is 14.3 Å². The Morgan fingerprint density at radius 2 is 1.83 bits per heavy atom. The predicted octanol–water partition coefficient (Wildman–Crippen LogP) is 3.81. The Balaban J connectivity index is 2.63. The smallest absolute Gasteiger partial charge is 0.336 e. The fraction of sp³-hybridized carbons (Fsp3) is 0.133. The number of hydrogen-bond acceptors (Lipinski definition) is 1. The highest BCUT2D eigenvalue weighted by Gasteiger charge is 2.12. The van der Waals surface area contributed by atoms with E-state index in [2.05, 4.69) is 0 Å². The number of hydrogen-bond donors (Lipinski definition) is 1. The molecule has 3 heteroatoms. The van der Waals surface area contributed by atoms with Gasteiger partial charge in [-0.3, -0.25) is 0 Å². The molecule has 0 atom stereocenters. The van der Waals surface area contributed by atoms with Crippen molar-refractivity contribution in [2.45, 2.75) is 13.8 Å². The second-order valence-electron chi connectivity index (χ2n) is 4.32. The summed E-state index contributed by atoms with van der Waals surface area (Å²) < 4.78 is 13.5. The molecule has 2 nitrogen and oxygen atoms in total. The Labute approximate surface area is 105 Å². The Hall–Kier alpha value is -2.16. The van der Waals surface area contributed by atoms with Gasteiger partial charge in [-0.25, -0.2) is 9.18 Å². The van der Waals surface area contributed by atoms with Crippen LogP contribution in [-0.2, 0) is 0 Å². The van der Waals surface area contributed by atoms with Crippen molar-refractivity contribution in [3.63, 3.8) is 0 Å². The van der Waals surface area contributed by atoms with E-state index < -0.39 is 5.97 Å². The highest BCUT2D eigenvalue weighted by Crippen LogP contribution is 2.26. The Morgan fingerprint density at radius 1 is 1.11 bits per heavy atom. The van der Waals surface area contributed by atoms with E-state index in [0.29, 0.717) is 16.7 Å². The average Bonchev–Trinajstić information content (AvgIpc) is 2.32. The molecular weight excluding hydrogens is 231 g/mol. The molecule has 2 aromatic carbocycles. The van der Waals surface area contributed by atoms with Gasteiger partial charge in [-0.2, -0.15) is 0 Å². The van der Waals surface area contributed by atoms with Gasteiger partial charge in [-0.1, -0.05) is 29.8 Å². The summed E-state index contributed by atoms with van der Waals surface area (Å²) in [6, 6.07) is 9.87. The highest BCUT2D eigenvalue weighted by atomic mass is 19.1. The molecule has 0 aliphatic rings. The standard InChI is InChI=1S/C15H13FO2/c1-9-3-6-12(13(7-9)15(17)18)11-5-4-10(2)14(16)8-11/h3-8H,1-2H3,(H,17,18). The van der Waals surface area contributed by atoms with E-state index in [9.17, 15) is 14.3 Å². The maximum atomic E-state index is 13.5. The summed E-state index contributed by atoms with van der Waals surface area (Å²) in [6.45, 7) is 3.50. The maximum Gasteiger partial charge on any atom is 0.336 e. The molecule has 2 aromatic rings. The van der Waals surface area contributed by atoms with Crippen LogP contribution in [0.15, 0.2) is 36.4 Å². The van der Waals surface area contributed by atoms with Crippen LogP contribution in [0.4, 0.5) is 4.39 Å². The van der Waals surface area contributed by atoms with Crippen LogP contribution in [0, 0.1) is 19.7 Å². The molecule has 0 aliphatic carbocycles. The molecule has 0 spiro atoms. The number of carboxylic acids is 1. The molecule has 1 N–H and O–H groups in total. The van der Waals surface area contributed by atoms with E-state index in [1.54, 1.807) is 31.2 Å². The first-order valence-electron chi connectivity index (χ1n) is 5.59. The minimum atomic E-state index is -1.00. The van der Waals surface area contributed by atoms with Gasteiger partial charge in [0, 0.05) is 0 Å². The maximum absolute atomic E-state index is 13.5. The summed E-state index contributed by atoms with van der Waals surface area (Å²) in [5.74, 6) is -1.33. The first-order chi connectivity index (χ1) is 8.49. The molecule has 92 valence electrons. The van der Waals surface area contributed by atoms with Gasteiger partial charge in [0.05, 0.1) is 5.56 Å². The average molecular weight is 244 g/mol. The SMILES string of the molecule is Cc1ccc(-c2ccc(C)c(F)c2)c(C(=O)O)c1. The van der Waals surface area contributed by atoms with Gasteiger partial charge in [-0.15, -0.1) is 0 Å². The molecule has 0 saturated carbocycles. The van der Waals surface area contributed by atoms with Crippen molar-refractivity contribution >= 4 is 5.97 Å². The van der Waals surface area contributed by atoms with Gasteiger partial charge in [0.15, 0.2) is 0 Å². The quantitative estimate of drug-likeness (QED) is 0.872. The second-order valence-corrected chi connectivity index (χ2v) is 4.32. The van der Waals surface area contributed by atoms with Gasteiger partial charge in [0.25, 0.3) is 0 Å². The fourth-order valence-corrected chi connectivity index (χ4v) is 1.85. The van der Waals surface area contributed by atoms with Gasteiger partial charge in [-0.05, 0) is 42.7 Å². The van der Waals surface area contributed by atoms with Crippen LogP contribution in [-0.4, -0.2) is 11.1 Å². The van der Waals surface area contributed by atoms with Crippen LogP contribution in [0.1, 0.15) is 21.5 Å². The summed E-state index contributed by atoms with van der Waals surface area (Å²) in [6.07, 6.45) is 0. The largest absolute Gasteiger partial charge is 0.478 e. The highest BCUT2D eigenvalue weighted by molar-refractivity contribution is 5.96. The van der Waals surface area contributed by atoms with E-state index in [1.165, 1.54) is 6.07 Å². The predicted molar refractivity (Wildman–Crippen MR) is 68.3 cm³/mol. The van der Waals surface area contributed by atoms with Crippen molar-refractivity contribution in [3.8, 4) is 11.1 Å². The van der Waals surface area contributed by atoms with Gasteiger partial charge in [0.2, 0.25) is 0 Å². The molecule has 0 amide bonds. The third kappa shape index (κ3) is 2.25. The van der Waals surface area contributed by atoms with E-state index in [1.807, 2.05) is 13.0 Å². The van der Waals surface area contributed by atoms with Crippen LogP contribution in [0.5, 0.6) is 0 Å². The summed E-state index contributed by atoms with van der Waals surface area (Å²) in [5.41, 5.74) is 2.72. The molecule has 0 fully saturated rings. The van der Waals surface area contributed by atoms with E-state index >= 15 is 0 Å². The Kier molecular flexibility index (Phi) is 3.15. The summed E-state index contributed by atoms with van der Waals surface area (Å²) >= 11 is 0. The van der Waals surface area contributed by atoms with E-state index in [-0.39, 0.29) is 11.4 Å². The van der Waals surface area contributed by atoms with E-state index in [0.717, 1.165) is 5.56 Å². The molecule has 0 aliphatic heterocycles. The monoisotopic (exact) mass is 244 g/mol. The zero-order valence-corrected chi connectivity index (χ0v) is 10.2. The lowest BCUT2D eigenvalue weighted by Gasteiger charge is -2.08. The normalized spacial score (nSPS) is 10.4. The van der Waals surface area contributed by atoms with Crippen molar-refractivity contribution in [1.29, 1.82) is 0 Å². The van der Waals surface area contributed by atoms with Crippen LogP contribution in [0.3, 0.4) is 0 Å². The molecule has 2 rings (SSSR count). The van der Waals surface area contributed by atoms with Gasteiger partial charge in [0.1, 0.15) is 5.82 Å². The lowest BCUT2D eigenvalue weighted by Crippen LogP contribution is -2.00. The summed E-state index contributed by atoms with van der Waals surface area (Å²) in [7, 11) is 0. The molecule has 0 aromatic heterocycles. The number of aromatic carboxylic acids is 1. The molecule has 0 unspecified atom stereocenters. The van der Waals surface area contributed by atoms with Crippen molar-refractivity contribution in [1.82, 2.24) is 0 Å².